The fraction of sp³-hybridized carbons (Fsp3) is 0.409. The van der Waals surface area contributed by atoms with Gasteiger partial charge in [0.05, 0.1) is 23.7 Å². The number of carbonyl (C=O) groups excluding carboxylic acids is 1. The first-order chi connectivity index (χ1) is 15.5. The maximum atomic E-state index is 13.0. The number of nitrogens with zero attached hydrogens (tertiary/aromatic N) is 3. The van der Waals surface area contributed by atoms with E-state index in [9.17, 15) is 13.2 Å². The largest absolute Gasteiger partial charge is 0.378 e. The van der Waals surface area contributed by atoms with Gasteiger partial charge >= 0.3 is 0 Å². The Balaban J connectivity index is 1.51. The summed E-state index contributed by atoms with van der Waals surface area (Å²) in [6, 6.07) is 9.62. The molecular formula is C22H27N5O4S. The van der Waals surface area contributed by atoms with Crippen molar-refractivity contribution in [2.45, 2.75) is 30.6 Å². The van der Waals surface area contributed by atoms with Gasteiger partial charge in [-0.15, -0.1) is 0 Å². The van der Waals surface area contributed by atoms with Crippen molar-refractivity contribution in [2.24, 2.45) is 4.99 Å². The second kappa shape index (κ2) is 10.1. The van der Waals surface area contributed by atoms with Crippen LogP contribution < -0.4 is 14.9 Å². The topological polar surface area (TPSA) is 113 Å². The molecule has 1 amide bonds. The smallest absolute Gasteiger partial charge is 0.262 e. The molecule has 9 nitrogen and oxygen atoms in total. The SMILES string of the molecule is O=C(Nc1cccc(S(=O)(=O)NC2=NCCCCC2)c1)c1cccnc1N1CCOCC1. The molecule has 0 radical (unpaired) electrons. The Morgan fingerprint density at radius 1 is 1.06 bits per heavy atom. The number of nitrogens with one attached hydrogen (secondary N) is 2. The molecule has 2 N–H and O–H groups in total. The number of pyridine rings is 1. The van der Waals surface area contributed by atoms with Gasteiger partial charge < -0.3 is 15.0 Å². The number of benzene rings is 1. The van der Waals surface area contributed by atoms with E-state index < -0.39 is 10.0 Å². The third kappa shape index (κ3) is 5.43. The van der Waals surface area contributed by atoms with E-state index in [1.807, 2.05) is 4.90 Å². The number of anilines is 2. The van der Waals surface area contributed by atoms with Crippen LogP contribution in [-0.4, -0.2) is 58.0 Å². The Morgan fingerprint density at radius 2 is 1.91 bits per heavy atom. The highest BCUT2D eigenvalue weighted by molar-refractivity contribution is 7.90. The van der Waals surface area contributed by atoms with E-state index in [4.69, 9.17) is 4.74 Å². The molecule has 0 aliphatic carbocycles. The van der Waals surface area contributed by atoms with Gasteiger partial charge in [0.15, 0.2) is 0 Å². The number of morpholine rings is 1. The standard InChI is InChI=1S/C22H27N5O4S/c28-22(19-8-5-11-24-21(19)27-12-14-31-15-13-27)25-17-6-4-7-18(16-17)32(29,30)26-20-9-2-1-3-10-23-20/h4-8,11,16H,1-3,9-10,12-15H2,(H,23,26)(H,25,28). The first-order valence-electron chi connectivity index (χ1n) is 10.8. The molecule has 32 heavy (non-hydrogen) atoms. The van der Waals surface area contributed by atoms with Crippen molar-refractivity contribution < 1.29 is 17.9 Å². The molecule has 2 aliphatic rings. The fourth-order valence-corrected chi connectivity index (χ4v) is 4.85. The average molecular weight is 458 g/mol. The number of aliphatic imine (C=N–C) groups is 1. The van der Waals surface area contributed by atoms with Crippen molar-refractivity contribution in [2.75, 3.05) is 43.1 Å². The lowest BCUT2D eigenvalue weighted by Crippen LogP contribution is -2.38. The van der Waals surface area contributed by atoms with Crippen LogP contribution in [0.2, 0.25) is 0 Å². The zero-order valence-corrected chi connectivity index (χ0v) is 18.6. The summed E-state index contributed by atoms with van der Waals surface area (Å²) < 4.78 is 33.7. The van der Waals surface area contributed by atoms with Gasteiger partial charge in [-0.05, 0) is 43.2 Å². The molecule has 0 bridgehead atoms. The van der Waals surface area contributed by atoms with E-state index in [1.165, 1.54) is 12.1 Å². The van der Waals surface area contributed by atoms with Crippen molar-refractivity contribution in [1.82, 2.24) is 9.71 Å². The van der Waals surface area contributed by atoms with Crippen molar-refractivity contribution in [3.8, 4) is 0 Å². The van der Waals surface area contributed by atoms with Gasteiger partial charge in [-0.1, -0.05) is 12.5 Å². The van der Waals surface area contributed by atoms with Crippen LogP contribution in [0.3, 0.4) is 0 Å². The van der Waals surface area contributed by atoms with E-state index in [2.05, 4.69) is 20.0 Å². The third-order valence-corrected chi connectivity index (χ3v) is 6.75. The Morgan fingerprint density at radius 3 is 2.75 bits per heavy atom. The van der Waals surface area contributed by atoms with E-state index in [0.717, 1.165) is 19.3 Å². The second-order valence-electron chi connectivity index (χ2n) is 7.70. The lowest BCUT2D eigenvalue weighted by Gasteiger charge is -2.29. The van der Waals surface area contributed by atoms with Crippen molar-refractivity contribution in [3.05, 3.63) is 48.2 Å². The van der Waals surface area contributed by atoms with E-state index in [1.54, 1.807) is 30.5 Å². The van der Waals surface area contributed by atoms with Crippen LogP contribution in [-0.2, 0) is 14.8 Å². The van der Waals surface area contributed by atoms with Gasteiger partial charge in [-0.2, -0.15) is 0 Å². The molecule has 1 saturated heterocycles. The van der Waals surface area contributed by atoms with Crippen LogP contribution >= 0.6 is 0 Å². The normalized spacial score (nSPS) is 17.2. The zero-order valence-electron chi connectivity index (χ0n) is 17.8. The molecule has 2 aliphatic heterocycles. The van der Waals surface area contributed by atoms with Crippen molar-refractivity contribution in [1.29, 1.82) is 0 Å². The molecule has 0 saturated carbocycles. The monoisotopic (exact) mass is 457 g/mol. The van der Waals surface area contributed by atoms with Gasteiger partial charge in [0.2, 0.25) is 0 Å². The quantitative estimate of drug-likeness (QED) is 0.713. The molecule has 4 rings (SSSR count). The number of amidine groups is 1. The van der Waals surface area contributed by atoms with Crippen LogP contribution in [0.15, 0.2) is 52.5 Å². The fourth-order valence-electron chi connectivity index (χ4n) is 3.71. The maximum absolute atomic E-state index is 13.0. The molecule has 10 heteroatoms. The second-order valence-corrected chi connectivity index (χ2v) is 9.38. The minimum atomic E-state index is -3.79. The molecule has 2 aromatic rings. The van der Waals surface area contributed by atoms with Crippen LogP contribution in [0.1, 0.15) is 36.0 Å². The highest BCUT2D eigenvalue weighted by atomic mass is 32.2. The van der Waals surface area contributed by atoms with Gasteiger partial charge in [0.1, 0.15) is 11.7 Å². The van der Waals surface area contributed by atoms with Gasteiger partial charge in [-0.3, -0.25) is 14.5 Å². The summed E-state index contributed by atoms with van der Waals surface area (Å²) in [4.78, 5) is 23.8. The lowest BCUT2D eigenvalue weighted by atomic mass is 10.2. The van der Waals surface area contributed by atoms with Crippen molar-refractivity contribution in [3.63, 3.8) is 0 Å². The Hall–Kier alpha value is -2.98. The molecule has 1 fully saturated rings. The molecule has 0 spiro atoms. The number of hydrogen-bond acceptors (Lipinski definition) is 7. The predicted octanol–water partition coefficient (Wildman–Crippen LogP) is 2.42. The molecule has 3 heterocycles. The molecule has 170 valence electrons. The van der Waals surface area contributed by atoms with Crippen LogP contribution in [0, 0.1) is 0 Å². The average Bonchev–Trinajstić information content (AvgIpc) is 3.08. The summed E-state index contributed by atoms with van der Waals surface area (Å²) in [5.74, 6) is 0.725. The summed E-state index contributed by atoms with van der Waals surface area (Å²) in [5.41, 5.74) is 0.811. The van der Waals surface area contributed by atoms with E-state index in [0.29, 0.717) is 62.2 Å². The first-order valence-corrected chi connectivity index (χ1v) is 12.3. The number of ether oxygens (including phenoxy) is 1. The zero-order chi connectivity index (χ0) is 22.4. The molecule has 0 atom stereocenters. The molecular weight excluding hydrogens is 430 g/mol. The third-order valence-electron chi connectivity index (χ3n) is 5.37. The minimum Gasteiger partial charge on any atom is -0.378 e. The van der Waals surface area contributed by atoms with Crippen LogP contribution in [0.5, 0.6) is 0 Å². The predicted molar refractivity (Wildman–Crippen MR) is 123 cm³/mol. The van der Waals surface area contributed by atoms with Crippen LogP contribution in [0.4, 0.5) is 11.5 Å². The number of sulfonamides is 1. The van der Waals surface area contributed by atoms with Gasteiger partial charge in [0.25, 0.3) is 15.9 Å². The minimum absolute atomic E-state index is 0.0711. The number of carbonyl (C=O) groups is 1. The van der Waals surface area contributed by atoms with Crippen LogP contribution in [0.25, 0.3) is 0 Å². The Kier molecular flexibility index (Phi) is 7.01. The maximum Gasteiger partial charge on any atom is 0.262 e. The molecule has 1 aromatic carbocycles. The number of aromatic nitrogens is 1. The Bertz CT molecular complexity index is 1100. The summed E-state index contributed by atoms with van der Waals surface area (Å²) >= 11 is 0. The summed E-state index contributed by atoms with van der Waals surface area (Å²) in [6.07, 6.45) is 5.18. The number of rotatable bonds is 5. The first kappa shape index (κ1) is 22.2. The van der Waals surface area contributed by atoms with E-state index >= 15 is 0 Å². The number of amides is 1. The Labute approximate surface area is 188 Å². The summed E-state index contributed by atoms with van der Waals surface area (Å²) in [6.45, 7) is 3.09. The summed E-state index contributed by atoms with van der Waals surface area (Å²) in [7, 11) is -3.79. The highest BCUT2D eigenvalue weighted by Gasteiger charge is 2.21. The molecule has 0 unspecified atom stereocenters. The number of hydrogen-bond donors (Lipinski definition) is 2. The summed E-state index contributed by atoms with van der Waals surface area (Å²) in [5, 5.41) is 2.80. The van der Waals surface area contributed by atoms with Gasteiger partial charge in [0, 0.05) is 37.9 Å². The van der Waals surface area contributed by atoms with Gasteiger partial charge in [-0.25, -0.2) is 13.4 Å². The van der Waals surface area contributed by atoms with E-state index in [-0.39, 0.29) is 10.8 Å². The van der Waals surface area contributed by atoms with Crippen molar-refractivity contribution >= 4 is 33.3 Å². The lowest BCUT2D eigenvalue weighted by molar-refractivity contribution is 0.102. The molecule has 1 aromatic heterocycles. The highest BCUT2D eigenvalue weighted by Crippen LogP contribution is 2.22.